The Balaban J connectivity index is 1.48. The fourth-order valence-electron chi connectivity index (χ4n) is 3.46. The number of anilines is 1. The van der Waals surface area contributed by atoms with Crippen molar-refractivity contribution in [2.45, 2.75) is 23.9 Å². The summed E-state index contributed by atoms with van der Waals surface area (Å²) in [6.07, 6.45) is 0. The van der Waals surface area contributed by atoms with Crippen LogP contribution in [-0.4, -0.2) is 25.9 Å². The highest BCUT2D eigenvalue weighted by Crippen LogP contribution is 2.33. The number of benzene rings is 2. The summed E-state index contributed by atoms with van der Waals surface area (Å²) in [6.45, 7) is 3.78. The van der Waals surface area contributed by atoms with E-state index in [1.165, 1.54) is 23.1 Å². The van der Waals surface area contributed by atoms with E-state index in [1.807, 2.05) is 50.2 Å². The molecule has 166 valence electrons. The minimum Gasteiger partial charge on any atom is -0.451 e. The Kier molecular flexibility index (Phi) is 5.92. The van der Waals surface area contributed by atoms with E-state index in [-0.39, 0.29) is 11.7 Å². The van der Waals surface area contributed by atoms with Crippen LogP contribution < -0.4 is 5.32 Å². The number of aromatic nitrogens is 4. The third kappa shape index (κ3) is 4.52. The maximum Gasteiger partial charge on any atom is 0.292 e. The molecule has 0 aliphatic rings. The molecule has 1 amide bonds. The zero-order valence-electron chi connectivity index (χ0n) is 17.7. The number of nitrogens with zero attached hydrogens (tertiary/aromatic N) is 4. The van der Waals surface area contributed by atoms with Crippen LogP contribution in [0.25, 0.3) is 16.7 Å². The second-order valence-corrected chi connectivity index (χ2v) is 10.1. The second kappa shape index (κ2) is 9.01. The Bertz CT molecular complexity index is 1470. The van der Waals surface area contributed by atoms with Crippen LogP contribution in [0.15, 0.2) is 63.4 Å². The van der Waals surface area contributed by atoms with E-state index >= 15 is 0 Å². The van der Waals surface area contributed by atoms with Gasteiger partial charge in [-0.3, -0.25) is 4.79 Å². The van der Waals surface area contributed by atoms with E-state index < -0.39 is 0 Å². The first-order chi connectivity index (χ1) is 16.0. The van der Waals surface area contributed by atoms with E-state index in [0.717, 1.165) is 31.7 Å². The monoisotopic (exact) mass is 495 g/mol. The molecule has 0 fully saturated rings. The zero-order valence-corrected chi connectivity index (χ0v) is 20.1. The number of thioether (sulfide) groups is 1. The number of aryl methyl sites for hydroxylation is 2. The normalized spacial score (nSPS) is 11.2. The molecule has 5 rings (SSSR count). The van der Waals surface area contributed by atoms with Crippen LogP contribution in [0, 0.1) is 13.8 Å². The predicted octanol–water partition coefficient (Wildman–Crippen LogP) is 6.28. The largest absolute Gasteiger partial charge is 0.451 e. The molecule has 1 N–H and O–H groups in total. The topological polar surface area (TPSA) is 85.8 Å². The van der Waals surface area contributed by atoms with Gasteiger partial charge in [0.15, 0.2) is 10.1 Å². The molecule has 10 heteroatoms. The van der Waals surface area contributed by atoms with Crippen molar-refractivity contribution in [2.75, 3.05) is 5.32 Å². The molecule has 0 spiro atoms. The summed E-state index contributed by atoms with van der Waals surface area (Å²) in [5.41, 5.74) is 2.98. The number of rotatable bonds is 6. The number of fused-ring (bicyclic) bond motifs is 1. The summed E-state index contributed by atoms with van der Waals surface area (Å²) in [5, 5.41) is 18.1. The first-order valence-corrected chi connectivity index (χ1v) is 12.2. The van der Waals surface area contributed by atoms with Crippen molar-refractivity contribution >= 4 is 57.4 Å². The molecular weight excluding hydrogens is 478 g/mol. The van der Waals surface area contributed by atoms with Crippen molar-refractivity contribution < 1.29 is 9.21 Å². The number of hydrogen-bond acceptors (Lipinski definition) is 7. The highest BCUT2D eigenvalue weighted by molar-refractivity contribution is 8.00. The van der Waals surface area contributed by atoms with Crippen molar-refractivity contribution in [3.63, 3.8) is 0 Å². The third-order valence-corrected chi connectivity index (χ3v) is 7.11. The van der Waals surface area contributed by atoms with Gasteiger partial charge in [-0.25, -0.2) is 4.68 Å². The smallest absolute Gasteiger partial charge is 0.292 e. The van der Waals surface area contributed by atoms with Gasteiger partial charge >= 0.3 is 0 Å². The average Bonchev–Trinajstić information content (AvgIpc) is 3.48. The molecule has 0 unspecified atom stereocenters. The average molecular weight is 496 g/mol. The zero-order chi connectivity index (χ0) is 22.9. The Hall–Kier alpha value is -3.14. The summed E-state index contributed by atoms with van der Waals surface area (Å²) < 4.78 is 8.49. The van der Waals surface area contributed by atoms with E-state index in [0.29, 0.717) is 22.2 Å². The molecule has 7 nitrogen and oxygen atoms in total. The number of carbonyl (C=O) groups is 1. The number of nitrogens with one attached hydrogen (secondary N) is 1. The van der Waals surface area contributed by atoms with Gasteiger partial charge in [0.2, 0.25) is 0 Å². The lowest BCUT2D eigenvalue weighted by Crippen LogP contribution is -2.16. The molecule has 0 bridgehead atoms. The number of hydrogen-bond donors (Lipinski definition) is 1. The number of carbonyl (C=O) groups excluding carboxylic acids is 1. The van der Waals surface area contributed by atoms with Gasteiger partial charge in [-0.15, -0.1) is 10.2 Å². The molecule has 3 heterocycles. The fraction of sp³-hybridized carbons (Fsp3) is 0.130. The van der Waals surface area contributed by atoms with Crippen LogP contribution in [0.2, 0.25) is 5.02 Å². The summed E-state index contributed by atoms with van der Waals surface area (Å²) in [6, 6.07) is 16.7. The summed E-state index contributed by atoms with van der Waals surface area (Å²) in [7, 11) is 0. The highest BCUT2D eigenvalue weighted by Gasteiger charge is 2.23. The lowest BCUT2D eigenvalue weighted by molar-refractivity contribution is 0.0997. The van der Waals surface area contributed by atoms with Gasteiger partial charge in [0.25, 0.3) is 5.91 Å². The SMILES string of the molecule is Cc1cc(NC(=O)c2oc3ccccc3c2CSc2nnc(C)s2)n(-c2cccc(Cl)c2)n1. The number of halogens is 1. The van der Waals surface area contributed by atoms with Crippen molar-refractivity contribution in [1.29, 1.82) is 0 Å². The van der Waals surface area contributed by atoms with Crippen LogP contribution in [0.3, 0.4) is 0 Å². The maximum atomic E-state index is 13.4. The quantitative estimate of drug-likeness (QED) is 0.279. The molecule has 0 saturated carbocycles. The van der Waals surface area contributed by atoms with E-state index in [9.17, 15) is 4.79 Å². The van der Waals surface area contributed by atoms with Crippen molar-refractivity contribution in [3.8, 4) is 5.69 Å². The van der Waals surface area contributed by atoms with Gasteiger partial charge in [0.1, 0.15) is 16.4 Å². The van der Waals surface area contributed by atoms with Crippen LogP contribution in [-0.2, 0) is 5.75 Å². The number of para-hydroxylation sites is 1. The van der Waals surface area contributed by atoms with Gasteiger partial charge in [-0.2, -0.15) is 5.10 Å². The van der Waals surface area contributed by atoms with Gasteiger partial charge < -0.3 is 9.73 Å². The highest BCUT2D eigenvalue weighted by atomic mass is 35.5. The minimum absolute atomic E-state index is 0.265. The summed E-state index contributed by atoms with van der Waals surface area (Å²) in [5.74, 6) is 0.972. The Morgan fingerprint density at radius 3 is 2.79 bits per heavy atom. The summed E-state index contributed by atoms with van der Waals surface area (Å²) in [4.78, 5) is 13.4. The molecule has 33 heavy (non-hydrogen) atoms. The fourth-order valence-corrected chi connectivity index (χ4v) is 5.49. The Morgan fingerprint density at radius 1 is 1.15 bits per heavy atom. The molecular formula is C23H18ClN5O2S2. The van der Waals surface area contributed by atoms with Crippen LogP contribution in [0.5, 0.6) is 0 Å². The molecule has 0 aliphatic carbocycles. The first kappa shape index (κ1) is 21.7. The van der Waals surface area contributed by atoms with E-state index in [1.54, 1.807) is 22.9 Å². The molecule has 0 saturated heterocycles. The Labute approximate surface area is 202 Å². The molecule has 0 radical (unpaired) electrons. The number of amides is 1. The third-order valence-electron chi connectivity index (χ3n) is 4.88. The first-order valence-electron chi connectivity index (χ1n) is 10.1. The second-order valence-electron chi connectivity index (χ2n) is 7.30. The molecule has 2 aromatic carbocycles. The molecule has 0 aliphatic heterocycles. The maximum absolute atomic E-state index is 13.4. The van der Waals surface area contributed by atoms with Crippen molar-refractivity contribution in [2.24, 2.45) is 0 Å². The van der Waals surface area contributed by atoms with Crippen LogP contribution in [0.1, 0.15) is 26.8 Å². The predicted molar refractivity (Wildman–Crippen MR) is 132 cm³/mol. The van der Waals surface area contributed by atoms with Crippen LogP contribution >= 0.6 is 34.7 Å². The van der Waals surface area contributed by atoms with Crippen molar-refractivity contribution in [1.82, 2.24) is 20.0 Å². The van der Waals surface area contributed by atoms with Gasteiger partial charge in [0.05, 0.1) is 11.4 Å². The van der Waals surface area contributed by atoms with Crippen molar-refractivity contribution in [3.05, 3.63) is 81.6 Å². The van der Waals surface area contributed by atoms with Gasteiger partial charge in [0, 0.05) is 27.8 Å². The standard InChI is InChI=1S/C23H18ClN5O2S2/c1-13-10-20(29(28-13)16-7-5-6-15(24)11-16)25-22(30)21-18(12-32-23-27-26-14(2)33-23)17-8-3-4-9-19(17)31-21/h3-11H,12H2,1-2H3,(H,25,30). The Morgan fingerprint density at radius 2 is 2.00 bits per heavy atom. The minimum atomic E-state index is -0.349. The molecule has 3 aromatic heterocycles. The lowest BCUT2D eigenvalue weighted by Gasteiger charge is -2.09. The number of furan rings is 1. The molecule has 0 atom stereocenters. The van der Waals surface area contributed by atoms with Gasteiger partial charge in [-0.1, -0.05) is 59.0 Å². The lowest BCUT2D eigenvalue weighted by atomic mass is 10.1. The van der Waals surface area contributed by atoms with Crippen LogP contribution in [0.4, 0.5) is 5.82 Å². The van der Waals surface area contributed by atoms with E-state index in [2.05, 4.69) is 20.6 Å². The van der Waals surface area contributed by atoms with E-state index in [4.69, 9.17) is 16.0 Å². The van der Waals surface area contributed by atoms with Gasteiger partial charge in [-0.05, 0) is 38.1 Å². The molecule has 5 aromatic rings. The summed E-state index contributed by atoms with van der Waals surface area (Å²) >= 11 is 9.21.